The Hall–Kier alpha value is -3.67. The minimum Gasteiger partial charge on any atom is -0.491 e. The normalized spacial score (nSPS) is 17.3. The van der Waals surface area contributed by atoms with Crippen LogP contribution in [0.5, 0.6) is 5.75 Å². The first-order chi connectivity index (χ1) is 16.3. The Bertz CT molecular complexity index is 1250. The van der Waals surface area contributed by atoms with E-state index in [1.54, 1.807) is 23.2 Å². The largest absolute Gasteiger partial charge is 0.491 e. The van der Waals surface area contributed by atoms with E-state index in [2.05, 4.69) is 25.6 Å². The molecule has 2 N–H and O–H groups in total. The minimum atomic E-state index is -4.54. The van der Waals surface area contributed by atoms with Crippen LogP contribution in [-0.4, -0.2) is 65.6 Å². The monoisotopic (exact) mass is 473 g/mol. The highest BCUT2D eigenvalue weighted by Gasteiger charge is 2.35. The number of benzene rings is 1. The van der Waals surface area contributed by atoms with Gasteiger partial charge in [0, 0.05) is 30.6 Å². The molecule has 1 amide bonds. The number of rotatable bonds is 1. The van der Waals surface area contributed by atoms with Crippen molar-refractivity contribution in [1.29, 1.82) is 0 Å². The second-order valence-corrected chi connectivity index (χ2v) is 8.16. The van der Waals surface area contributed by atoms with Gasteiger partial charge in [0.1, 0.15) is 24.0 Å². The third-order valence-electron chi connectivity index (χ3n) is 5.74. The Labute approximate surface area is 192 Å². The molecule has 178 valence electrons. The molecule has 0 radical (unpaired) electrons. The van der Waals surface area contributed by atoms with Crippen molar-refractivity contribution >= 4 is 34.4 Å². The lowest BCUT2D eigenvalue weighted by Gasteiger charge is -2.31. The molecule has 0 spiro atoms. The lowest BCUT2D eigenvalue weighted by atomic mass is 10.1. The maximum atomic E-state index is 13.6. The first-order valence-electron chi connectivity index (χ1n) is 10.8. The number of hydrogen-bond acceptors (Lipinski definition) is 8. The van der Waals surface area contributed by atoms with Crippen molar-refractivity contribution in [3.05, 3.63) is 41.6 Å². The van der Waals surface area contributed by atoms with Gasteiger partial charge in [-0.15, -0.1) is 0 Å². The zero-order valence-electron chi connectivity index (χ0n) is 18.3. The number of anilines is 3. The average molecular weight is 473 g/mol. The van der Waals surface area contributed by atoms with Crippen LogP contribution in [0.3, 0.4) is 0 Å². The predicted molar refractivity (Wildman–Crippen MR) is 120 cm³/mol. The Morgan fingerprint density at radius 3 is 2.79 bits per heavy atom. The van der Waals surface area contributed by atoms with E-state index in [-0.39, 0.29) is 31.4 Å². The fourth-order valence-electron chi connectivity index (χ4n) is 4.03. The summed E-state index contributed by atoms with van der Waals surface area (Å²) in [5.74, 6) is 0.923. The molecule has 2 aliphatic heterocycles. The summed E-state index contributed by atoms with van der Waals surface area (Å²) in [5.41, 5.74) is 0.0667. The molecule has 2 bridgehead atoms. The molecule has 2 aliphatic rings. The summed E-state index contributed by atoms with van der Waals surface area (Å²) in [7, 11) is 1.88. The maximum absolute atomic E-state index is 13.6. The van der Waals surface area contributed by atoms with Crippen molar-refractivity contribution < 1.29 is 22.7 Å². The number of carbonyl (C=O) groups is 1. The zero-order valence-corrected chi connectivity index (χ0v) is 18.3. The quantitative estimate of drug-likeness (QED) is 0.557. The number of nitrogens with one attached hydrogen (secondary N) is 2. The van der Waals surface area contributed by atoms with Gasteiger partial charge in [0.15, 0.2) is 0 Å². The molecular weight excluding hydrogens is 451 g/mol. The second kappa shape index (κ2) is 8.60. The van der Waals surface area contributed by atoms with E-state index in [4.69, 9.17) is 4.74 Å². The van der Waals surface area contributed by atoms with Crippen molar-refractivity contribution in [3.8, 4) is 5.75 Å². The summed E-state index contributed by atoms with van der Waals surface area (Å²) in [5, 5.41) is 6.72. The van der Waals surface area contributed by atoms with Gasteiger partial charge in [0.25, 0.3) is 0 Å². The summed E-state index contributed by atoms with van der Waals surface area (Å²) in [4.78, 5) is 29.5. The van der Waals surface area contributed by atoms with E-state index in [1.165, 1.54) is 6.07 Å². The molecule has 0 saturated carbocycles. The van der Waals surface area contributed by atoms with E-state index in [9.17, 15) is 18.0 Å². The number of piperazine rings is 1. The van der Waals surface area contributed by atoms with Crippen molar-refractivity contribution in [3.63, 3.8) is 0 Å². The molecule has 0 atom stereocenters. The molecule has 1 saturated heterocycles. The first-order valence-corrected chi connectivity index (χ1v) is 10.8. The van der Waals surface area contributed by atoms with Gasteiger partial charge in [0.2, 0.25) is 11.9 Å². The van der Waals surface area contributed by atoms with Gasteiger partial charge in [0.05, 0.1) is 30.4 Å². The van der Waals surface area contributed by atoms with Crippen molar-refractivity contribution in [2.24, 2.45) is 0 Å². The highest BCUT2D eigenvalue weighted by molar-refractivity contribution is 5.98. The molecule has 5 rings (SSSR count). The lowest BCUT2D eigenvalue weighted by Crippen LogP contribution is -2.49. The predicted octanol–water partition coefficient (Wildman–Crippen LogP) is 2.74. The van der Waals surface area contributed by atoms with Gasteiger partial charge in [-0.2, -0.15) is 18.2 Å². The maximum Gasteiger partial charge on any atom is 0.419 e. The number of aromatic nitrogens is 3. The van der Waals surface area contributed by atoms with Gasteiger partial charge < -0.3 is 15.4 Å². The van der Waals surface area contributed by atoms with Crippen LogP contribution in [-0.2, 0) is 17.5 Å². The summed E-state index contributed by atoms with van der Waals surface area (Å²) in [6.45, 7) is 1.77. The smallest absolute Gasteiger partial charge is 0.419 e. The van der Waals surface area contributed by atoms with E-state index >= 15 is 0 Å². The Morgan fingerprint density at radius 2 is 2.00 bits per heavy atom. The Balaban J connectivity index is 1.54. The van der Waals surface area contributed by atoms with E-state index in [0.29, 0.717) is 53.7 Å². The fraction of sp³-hybridized carbons (Fsp3) is 0.364. The molecular formula is C22H22F3N7O2. The Morgan fingerprint density at radius 1 is 1.15 bits per heavy atom. The number of halogens is 3. The SMILES string of the molecule is CN1CCN(c2cc3c4nc(nc3cn2)NCCOc2c(cccc2C(F)(F)F)CN4)C(=O)C1. The molecule has 0 unspecified atom stereocenters. The van der Waals surface area contributed by atoms with E-state index in [0.717, 1.165) is 6.07 Å². The van der Waals surface area contributed by atoms with Crippen LogP contribution >= 0.6 is 0 Å². The zero-order chi connectivity index (χ0) is 23.9. The molecule has 4 heterocycles. The molecule has 1 aromatic carbocycles. The number of likely N-dealkylation sites (N-methyl/N-ethyl adjacent to an activating group) is 1. The standard InChI is InChI=1S/C22H22F3N7O2/c1-31-6-7-32(18(33)12-31)17-9-14-16(11-27-17)29-21-26-5-8-34-19-13(10-28-20(14)30-21)3-2-4-15(19)22(23,24)25/h2-4,9,11H,5-8,10,12H2,1H3,(H2,26,28,29,30). The van der Waals surface area contributed by atoms with Crippen LogP contribution in [0.1, 0.15) is 11.1 Å². The number of amides is 1. The topological polar surface area (TPSA) is 95.5 Å². The molecule has 2 aromatic heterocycles. The molecule has 12 heteroatoms. The number of nitrogens with zero attached hydrogens (tertiary/aromatic N) is 5. The van der Waals surface area contributed by atoms with E-state index < -0.39 is 11.7 Å². The second-order valence-electron chi connectivity index (χ2n) is 8.16. The number of fused-ring (bicyclic) bond motifs is 5. The number of alkyl halides is 3. The van der Waals surface area contributed by atoms with Gasteiger partial charge in [-0.25, -0.2) is 9.97 Å². The van der Waals surface area contributed by atoms with E-state index in [1.807, 2.05) is 11.9 Å². The Kier molecular flexibility index (Phi) is 5.60. The third kappa shape index (κ3) is 4.28. The van der Waals surface area contributed by atoms with Crippen LogP contribution in [0.4, 0.5) is 30.8 Å². The van der Waals surface area contributed by atoms with Gasteiger partial charge in [-0.3, -0.25) is 14.6 Å². The molecule has 1 fully saturated rings. The molecule has 9 nitrogen and oxygen atoms in total. The number of pyridine rings is 1. The van der Waals surface area contributed by atoms with Crippen LogP contribution in [0, 0.1) is 0 Å². The average Bonchev–Trinajstić information content (AvgIpc) is 2.82. The highest BCUT2D eigenvalue weighted by Crippen LogP contribution is 2.39. The number of carbonyl (C=O) groups excluding carboxylic acids is 1. The van der Waals surface area contributed by atoms with Crippen LogP contribution in [0.2, 0.25) is 0 Å². The minimum absolute atomic E-state index is 0.000467. The van der Waals surface area contributed by atoms with Gasteiger partial charge in [-0.1, -0.05) is 12.1 Å². The summed E-state index contributed by atoms with van der Waals surface area (Å²) in [6, 6.07) is 5.68. The summed E-state index contributed by atoms with van der Waals surface area (Å²) in [6.07, 6.45) is -2.97. The fourth-order valence-corrected chi connectivity index (χ4v) is 4.03. The third-order valence-corrected chi connectivity index (χ3v) is 5.74. The molecule has 3 aromatic rings. The number of hydrogen-bond donors (Lipinski definition) is 2. The summed E-state index contributed by atoms with van der Waals surface area (Å²) >= 11 is 0. The van der Waals surface area contributed by atoms with Gasteiger partial charge in [-0.05, 0) is 19.2 Å². The van der Waals surface area contributed by atoms with Crippen molar-refractivity contribution in [2.75, 3.05) is 55.4 Å². The molecule has 34 heavy (non-hydrogen) atoms. The number of ether oxygens (including phenoxy) is 1. The van der Waals surface area contributed by atoms with Crippen LogP contribution in [0.15, 0.2) is 30.5 Å². The first kappa shape index (κ1) is 22.1. The van der Waals surface area contributed by atoms with Crippen molar-refractivity contribution in [2.45, 2.75) is 12.7 Å². The highest BCUT2D eigenvalue weighted by atomic mass is 19.4. The number of para-hydroxylation sites is 1. The van der Waals surface area contributed by atoms with Crippen molar-refractivity contribution in [1.82, 2.24) is 19.9 Å². The lowest BCUT2D eigenvalue weighted by molar-refractivity contribution is -0.139. The van der Waals surface area contributed by atoms with Crippen LogP contribution < -0.4 is 20.3 Å². The van der Waals surface area contributed by atoms with Gasteiger partial charge >= 0.3 is 6.18 Å². The summed E-state index contributed by atoms with van der Waals surface area (Å²) < 4.78 is 46.2. The molecule has 0 aliphatic carbocycles. The van der Waals surface area contributed by atoms with Crippen LogP contribution in [0.25, 0.3) is 10.9 Å².